The van der Waals surface area contributed by atoms with Gasteiger partial charge in [0.15, 0.2) is 16.8 Å². The first-order valence-corrected chi connectivity index (χ1v) is 9.00. The summed E-state index contributed by atoms with van der Waals surface area (Å²) < 4.78 is 26.1. The number of rotatable bonds is 6. The second kappa shape index (κ2) is 8.59. The average Bonchev–Trinajstić information content (AvgIpc) is 2.63. The van der Waals surface area contributed by atoms with E-state index >= 15 is 0 Å². The molecule has 8 heteroatoms. The minimum absolute atomic E-state index is 0.127. The van der Waals surface area contributed by atoms with Gasteiger partial charge in [0.1, 0.15) is 0 Å². The number of nitrogens with zero attached hydrogens (tertiary/aromatic N) is 1. The Morgan fingerprint density at radius 3 is 2.59 bits per heavy atom. The zero-order valence-corrected chi connectivity index (χ0v) is 14.9. The smallest absolute Gasteiger partial charge is 0.251 e. The largest absolute Gasteiger partial charge is 0.326 e. The molecule has 2 aromatic carbocycles. The number of hydrogen-bond donors (Lipinski definition) is 2. The van der Waals surface area contributed by atoms with Gasteiger partial charge in [0, 0.05) is 23.6 Å². The first-order valence-electron chi connectivity index (χ1n) is 8.01. The van der Waals surface area contributed by atoms with Crippen LogP contribution in [0, 0.1) is 11.6 Å². The van der Waals surface area contributed by atoms with Crippen molar-refractivity contribution in [3.05, 3.63) is 87.8 Å². The van der Waals surface area contributed by atoms with Crippen molar-refractivity contribution < 1.29 is 13.6 Å². The van der Waals surface area contributed by atoms with Gasteiger partial charge in [-0.3, -0.25) is 9.59 Å². The molecule has 3 rings (SSSR count). The molecule has 0 saturated heterocycles. The van der Waals surface area contributed by atoms with E-state index in [4.69, 9.17) is 0 Å². The minimum atomic E-state index is -1.05. The Balaban J connectivity index is 1.65. The average molecular weight is 387 g/mol. The molecule has 5 nitrogen and oxygen atoms in total. The third-order valence-electron chi connectivity index (χ3n) is 3.54. The molecule has 0 saturated carbocycles. The number of carbonyl (C=O) groups is 1. The number of H-pyrrole nitrogens is 1. The van der Waals surface area contributed by atoms with E-state index in [1.165, 1.54) is 23.9 Å². The van der Waals surface area contributed by atoms with Crippen LogP contribution in [-0.2, 0) is 17.0 Å². The highest BCUT2D eigenvalue weighted by molar-refractivity contribution is 7.98. The highest BCUT2D eigenvalue weighted by Crippen LogP contribution is 2.18. The Hall–Kier alpha value is -3.00. The summed E-state index contributed by atoms with van der Waals surface area (Å²) in [7, 11) is 0. The molecular formula is C19H15F2N3O2S. The number of thioether (sulfide) groups is 1. The lowest BCUT2D eigenvalue weighted by Gasteiger charge is -2.07. The normalized spacial score (nSPS) is 10.6. The van der Waals surface area contributed by atoms with Crippen LogP contribution in [0.1, 0.15) is 11.3 Å². The third-order valence-corrected chi connectivity index (χ3v) is 4.48. The lowest BCUT2D eigenvalue weighted by Crippen LogP contribution is -2.18. The first kappa shape index (κ1) is 18.8. The van der Waals surface area contributed by atoms with E-state index < -0.39 is 17.5 Å². The van der Waals surface area contributed by atoms with E-state index in [2.05, 4.69) is 15.3 Å². The lowest BCUT2D eigenvalue weighted by molar-refractivity contribution is -0.115. The van der Waals surface area contributed by atoms with E-state index in [1.807, 2.05) is 30.3 Å². The third kappa shape index (κ3) is 5.49. The standard InChI is InChI=1S/C19H15F2N3O2S/c20-15-7-6-13(8-16(15)21)22-17(25)9-14-10-18(26)24-19(23-14)27-11-12-4-2-1-3-5-12/h1-8,10H,9,11H2,(H,22,25)(H,23,24,26). The molecule has 1 amide bonds. The van der Waals surface area contributed by atoms with Gasteiger partial charge in [-0.25, -0.2) is 13.8 Å². The predicted molar refractivity (Wildman–Crippen MR) is 99.6 cm³/mol. The first-order chi connectivity index (χ1) is 13.0. The molecule has 0 unspecified atom stereocenters. The van der Waals surface area contributed by atoms with Crippen LogP contribution in [0.25, 0.3) is 0 Å². The van der Waals surface area contributed by atoms with Gasteiger partial charge in [-0.2, -0.15) is 0 Å². The fourth-order valence-electron chi connectivity index (χ4n) is 2.31. The van der Waals surface area contributed by atoms with Gasteiger partial charge in [-0.1, -0.05) is 42.1 Å². The van der Waals surface area contributed by atoms with Crippen molar-refractivity contribution in [2.75, 3.05) is 5.32 Å². The molecule has 1 heterocycles. The van der Waals surface area contributed by atoms with Gasteiger partial charge in [0.05, 0.1) is 12.1 Å². The summed E-state index contributed by atoms with van der Waals surface area (Å²) in [6.07, 6.45) is -0.165. The zero-order valence-electron chi connectivity index (χ0n) is 14.0. The number of nitrogens with one attached hydrogen (secondary N) is 2. The van der Waals surface area contributed by atoms with Gasteiger partial charge in [0.2, 0.25) is 5.91 Å². The maximum atomic E-state index is 13.2. The Morgan fingerprint density at radius 1 is 1.07 bits per heavy atom. The van der Waals surface area contributed by atoms with Gasteiger partial charge in [-0.15, -0.1) is 0 Å². The predicted octanol–water partition coefficient (Wildman–Crippen LogP) is 3.52. The summed E-state index contributed by atoms with van der Waals surface area (Å²) in [6, 6.07) is 14.0. The van der Waals surface area contributed by atoms with Crippen LogP contribution in [0.5, 0.6) is 0 Å². The highest BCUT2D eigenvalue weighted by atomic mass is 32.2. The maximum Gasteiger partial charge on any atom is 0.251 e. The number of aromatic amines is 1. The van der Waals surface area contributed by atoms with Crippen LogP contribution in [0.2, 0.25) is 0 Å². The molecule has 1 aromatic heterocycles. The number of carbonyl (C=O) groups excluding carboxylic acids is 1. The summed E-state index contributed by atoms with van der Waals surface area (Å²) in [5.41, 5.74) is 1.12. The van der Waals surface area contributed by atoms with Crippen molar-refractivity contribution in [1.82, 2.24) is 9.97 Å². The van der Waals surface area contributed by atoms with E-state index in [9.17, 15) is 18.4 Å². The zero-order chi connectivity index (χ0) is 19.2. The molecule has 0 aliphatic carbocycles. The van der Waals surface area contributed by atoms with Crippen LogP contribution in [-0.4, -0.2) is 15.9 Å². The molecule has 0 aliphatic rings. The van der Waals surface area contributed by atoms with Crippen LogP contribution in [0.15, 0.2) is 64.5 Å². The summed E-state index contributed by atoms with van der Waals surface area (Å²) in [5.74, 6) is -1.92. The fraction of sp³-hybridized carbons (Fsp3) is 0.105. The van der Waals surface area contributed by atoms with Crippen molar-refractivity contribution in [2.45, 2.75) is 17.3 Å². The molecule has 27 heavy (non-hydrogen) atoms. The van der Waals surface area contributed by atoms with Crippen LogP contribution < -0.4 is 10.9 Å². The molecular weight excluding hydrogens is 372 g/mol. The molecule has 138 valence electrons. The summed E-state index contributed by atoms with van der Waals surface area (Å²) in [4.78, 5) is 30.8. The van der Waals surface area contributed by atoms with Crippen molar-refractivity contribution in [3.63, 3.8) is 0 Å². The molecule has 0 aliphatic heterocycles. The second-order valence-electron chi connectivity index (χ2n) is 5.67. The van der Waals surface area contributed by atoms with E-state index in [0.717, 1.165) is 17.7 Å². The fourth-order valence-corrected chi connectivity index (χ4v) is 3.16. The lowest BCUT2D eigenvalue weighted by atomic mass is 10.2. The van der Waals surface area contributed by atoms with Crippen LogP contribution in [0.3, 0.4) is 0 Å². The summed E-state index contributed by atoms with van der Waals surface area (Å²) >= 11 is 1.35. The Labute approximate surface area is 157 Å². The van der Waals surface area contributed by atoms with Gasteiger partial charge < -0.3 is 10.3 Å². The van der Waals surface area contributed by atoms with Gasteiger partial charge in [0.25, 0.3) is 5.56 Å². The van der Waals surface area contributed by atoms with Crippen molar-refractivity contribution in [2.24, 2.45) is 0 Å². The number of anilines is 1. The second-order valence-corrected chi connectivity index (χ2v) is 6.63. The molecule has 0 bridgehead atoms. The molecule has 3 aromatic rings. The molecule has 0 spiro atoms. The van der Waals surface area contributed by atoms with Crippen molar-refractivity contribution in [3.8, 4) is 0 Å². The molecule has 2 N–H and O–H groups in total. The number of amides is 1. The van der Waals surface area contributed by atoms with E-state index in [0.29, 0.717) is 10.9 Å². The quantitative estimate of drug-likeness (QED) is 0.501. The monoisotopic (exact) mass is 387 g/mol. The number of aromatic nitrogens is 2. The van der Waals surface area contributed by atoms with E-state index in [1.54, 1.807) is 0 Å². The molecule has 0 fully saturated rings. The Morgan fingerprint density at radius 2 is 1.85 bits per heavy atom. The Kier molecular flexibility index (Phi) is 5.97. The Bertz CT molecular complexity index is 1010. The van der Waals surface area contributed by atoms with Crippen LogP contribution in [0.4, 0.5) is 14.5 Å². The van der Waals surface area contributed by atoms with Crippen molar-refractivity contribution in [1.29, 1.82) is 0 Å². The number of hydrogen-bond acceptors (Lipinski definition) is 4. The number of halogens is 2. The van der Waals surface area contributed by atoms with Gasteiger partial charge >= 0.3 is 0 Å². The SMILES string of the molecule is O=C(Cc1cc(=O)[nH]c(SCc2ccccc2)n1)Nc1ccc(F)c(F)c1. The topological polar surface area (TPSA) is 74.8 Å². The number of benzene rings is 2. The van der Waals surface area contributed by atoms with Crippen LogP contribution >= 0.6 is 11.8 Å². The van der Waals surface area contributed by atoms with Crippen molar-refractivity contribution >= 4 is 23.4 Å². The maximum absolute atomic E-state index is 13.2. The minimum Gasteiger partial charge on any atom is -0.326 e. The van der Waals surface area contributed by atoms with E-state index in [-0.39, 0.29) is 23.4 Å². The molecule has 0 atom stereocenters. The van der Waals surface area contributed by atoms with Gasteiger partial charge in [-0.05, 0) is 17.7 Å². The molecule has 0 radical (unpaired) electrons. The summed E-state index contributed by atoms with van der Waals surface area (Å²) in [5, 5.41) is 2.86. The summed E-state index contributed by atoms with van der Waals surface area (Å²) in [6.45, 7) is 0. The highest BCUT2D eigenvalue weighted by Gasteiger charge is 2.10.